The third-order valence-electron chi connectivity index (χ3n) is 4.96. The van der Waals surface area contributed by atoms with E-state index in [4.69, 9.17) is 10.00 Å². The zero-order valence-electron chi connectivity index (χ0n) is 17.4. The van der Waals surface area contributed by atoms with Gasteiger partial charge >= 0.3 is 0 Å². The maximum absolute atomic E-state index is 12.4. The fourth-order valence-corrected chi connectivity index (χ4v) is 3.16. The number of pyridine rings is 1. The predicted octanol–water partition coefficient (Wildman–Crippen LogP) is 4.84. The summed E-state index contributed by atoms with van der Waals surface area (Å²) in [5.41, 5.74) is 6.88. The van der Waals surface area contributed by atoms with Crippen molar-refractivity contribution in [2.24, 2.45) is 5.10 Å². The molecular weight excluding hydrogens is 400 g/mol. The molecule has 0 aliphatic rings. The molecule has 0 bridgehead atoms. The Bertz CT molecular complexity index is 1320. The molecule has 4 rings (SSSR count). The normalized spacial score (nSPS) is 11.1. The zero-order valence-corrected chi connectivity index (χ0v) is 17.4. The second-order valence-corrected chi connectivity index (χ2v) is 7.14. The lowest BCUT2D eigenvalue weighted by Gasteiger charge is -2.09. The van der Waals surface area contributed by atoms with Crippen LogP contribution in [-0.2, 0) is 6.61 Å². The van der Waals surface area contributed by atoms with Crippen molar-refractivity contribution >= 4 is 22.5 Å². The number of rotatable bonds is 6. The van der Waals surface area contributed by atoms with Crippen LogP contribution in [0.2, 0.25) is 0 Å². The van der Waals surface area contributed by atoms with E-state index in [9.17, 15) is 4.79 Å². The SMILES string of the molecule is CC(=NNC(=O)c1ccc(COc2cccc3cccnc23)cc1)c1ccc(C#N)cc1. The summed E-state index contributed by atoms with van der Waals surface area (Å²) in [5.74, 6) is 0.418. The van der Waals surface area contributed by atoms with Crippen LogP contribution in [0.1, 0.15) is 34.0 Å². The van der Waals surface area contributed by atoms with Crippen LogP contribution in [0.15, 0.2) is 90.2 Å². The highest BCUT2D eigenvalue weighted by Gasteiger charge is 2.07. The Morgan fingerprint density at radius 1 is 1.00 bits per heavy atom. The standard InChI is InChI=1S/C26H20N4O2/c1-18(21-11-7-19(16-27)8-12-21)29-30-26(31)23-13-9-20(10-14-23)17-32-24-6-2-4-22-5-3-15-28-25(22)24/h2-15H,17H2,1H3,(H,30,31). The Labute approximate surface area is 185 Å². The highest BCUT2D eigenvalue weighted by atomic mass is 16.5. The molecule has 0 spiro atoms. The Hall–Kier alpha value is -4.50. The molecule has 1 aromatic heterocycles. The molecule has 0 aliphatic heterocycles. The van der Waals surface area contributed by atoms with E-state index in [0.717, 1.165) is 27.8 Å². The highest BCUT2D eigenvalue weighted by molar-refractivity contribution is 6.00. The first-order valence-electron chi connectivity index (χ1n) is 10.0. The van der Waals surface area contributed by atoms with E-state index >= 15 is 0 Å². The van der Waals surface area contributed by atoms with E-state index < -0.39 is 0 Å². The maximum Gasteiger partial charge on any atom is 0.271 e. The number of aromatic nitrogens is 1. The molecule has 1 amide bonds. The number of amides is 1. The minimum absolute atomic E-state index is 0.302. The average Bonchev–Trinajstić information content (AvgIpc) is 2.86. The molecule has 1 N–H and O–H groups in total. The first-order valence-corrected chi connectivity index (χ1v) is 10.0. The molecule has 6 heteroatoms. The molecule has 3 aromatic carbocycles. The van der Waals surface area contributed by atoms with Crippen molar-refractivity contribution in [3.05, 3.63) is 107 Å². The molecule has 0 fully saturated rings. The van der Waals surface area contributed by atoms with Crippen molar-refractivity contribution < 1.29 is 9.53 Å². The predicted molar refractivity (Wildman–Crippen MR) is 123 cm³/mol. The van der Waals surface area contributed by atoms with Crippen LogP contribution in [0.5, 0.6) is 5.75 Å². The van der Waals surface area contributed by atoms with Crippen molar-refractivity contribution in [2.45, 2.75) is 13.5 Å². The van der Waals surface area contributed by atoms with E-state index in [1.807, 2.05) is 42.5 Å². The summed E-state index contributed by atoms with van der Waals surface area (Å²) in [6.45, 7) is 2.16. The van der Waals surface area contributed by atoms with Crippen LogP contribution in [0, 0.1) is 11.3 Å². The van der Waals surface area contributed by atoms with Gasteiger partial charge in [-0.25, -0.2) is 5.43 Å². The van der Waals surface area contributed by atoms with Crippen molar-refractivity contribution in [3.63, 3.8) is 0 Å². The lowest BCUT2D eigenvalue weighted by atomic mass is 10.1. The van der Waals surface area contributed by atoms with E-state index in [-0.39, 0.29) is 5.91 Å². The fourth-order valence-electron chi connectivity index (χ4n) is 3.16. The molecule has 4 aromatic rings. The number of nitrogens with one attached hydrogen (secondary N) is 1. The van der Waals surface area contributed by atoms with Gasteiger partial charge in [0.25, 0.3) is 5.91 Å². The van der Waals surface area contributed by atoms with Crippen LogP contribution >= 0.6 is 0 Å². The number of carbonyl (C=O) groups is 1. The Kier molecular flexibility index (Phi) is 6.19. The van der Waals surface area contributed by atoms with E-state index in [2.05, 4.69) is 21.6 Å². The first-order chi connectivity index (χ1) is 15.6. The summed E-state index contributed by atoms with van der Waals surface area (Å²) < 4.78 is 5.95. The van der Waals surface area contributed by atoms with Crippen molar-refractivity contribution in [1.29, 1.82) is 5.26 Å². The van der Waals surface area contributed by atoms with Crippen LogP contribution in [-0.4, -0.2) is 16.6 Å². The van der Waals surface area contributed by atoms with Crippen LogP contribution in [0.4, 0.5) is 0 Å². The maximum atomic E-state index is 12.4. The second-order valence-electron chi connectivity index (χ2n) is 7.14. The van der Waals surface area contributed by atoms with Gasteiger partial charge in [0, 0.05) is 17.1 Å². The molecule has 0 aliphatic carbocycles. The van der Waals surface area contributed by atoms with E-state index in [1.54, 1.807) is 49.5 Å². The van der Waals surface area contributed by atoms with Gasteiger partial charge in [0.15, 0.2) is 0 Å². The van der Waals surface area contributed by atoms with Crippen LogP contribution in [0.25, 0.3) is 10.9 Å². The van der Waals surface area contributed by atoms with E-state index in [0.29, 0.717) is 23.4 Å². The van der Waals surface area contributed by atoms with Crippen molar-refractivity contribution in [3.8, 4) is 11.8 Å². The molecule has 0 atom stereocenters. The summed E-state index contributed by atoms with van der Waals surface area (Å²) in [4.78, 5) is 16.8. The lowest BCUT2D eigenvalue weighted by molar-refractivity contribution is 0.0955. The van der Waals surface area contributed by atoms with Gasteiger partial charge < -0.3 is 4.74 Å². The number of hydrogen-bond donors (Lipinski definition) is 1. The molecule has 6 nitrogen and oxygen atoms in total. The summed E-state index contributed by atoms with van der Waals surface area (Å²) in [6.07, 6.45) is 1.74. The minimum Gasteiger partial charge on any atom is -0.487 e. The van der Waals surface area contributed by atoms with Gasteiger partial charge in [-0.05, 0) is 54.4 Å². The fraction of sp³-hybridized carbons (Fsp3) is 0.0769. The topological polar surface area (TPSA) is 87.4 Å². The molecular formula is C26H20N4O2. The number of nitriles is 1. The Balaban J connectivity index is 1.37. The van der Waals surface area contributed by atoms with Crippen LogP contribution < -0.4 is 10.2 Å². The first kappa shape index (κ1) is 20.8. The molecule has 0 radical (unpaired) electrons. The summed E-state index contributed by atoms with van der Waals surface area (Å²) in [7, 11) is 0. The summed E-state index contributed by atoms with van der Waals surface area (Å²) in [5, 5.41) is 14.1. The molecule has 0 unspecified atom stereocenters. The summed E-state index contributed by atoms with van der Waals surface area (Å²) in [6, 6.07) is 26.0. The highest BCUT2D eigenvalue weighted by Crippen LogP contribution is 2.23. The van der Waals surface area contributed by atoms with E-state index in [1.165, 1.54) is 0 Å². The number of benzene rings is 3. The molecule has 0 saturated carbocycles. The zero-order chi connectivity index (χ0) is 22.3. The van der Waals surface area contributed by atoms with Crippen molar-refractivity contribution in [1.82, 2.24) is 10.4 Å². The number of hydrogen-bond acceptors (Lipinski definition) is 5. The lowest BCUT2D eigenvalue weighted by Crippen LogP contribution is -2.19. The van der Waals surface area contributed by atoms with Gasteiger partial charge in [0.2, 0.25) is 0 Å². The Morgan fingerprint density at radius 3 is 2.47 bits per heavy atom. The number of ether oxygens (including phenoxy) is 1. The Morgan fingerprint density at radius 2 is 1.72 bits per heavy atom. The smallest absolute Gasteiger partial charge is 0.271 e. The third kappa shape index (κ3) is 4.79. The molecule has 1 heterocycles. The molecule has 32 heavy (non-hydrogen) atoms. The molecule has 156 valence electrons. The third-order valence-corrected chi connectivity index (χ3v) is 4.96. The van der Waals surface area contributed by atoms with Gasteiger partial charge in [-0.1, -0.05) is 42.5 Å². The summed E-state index contributed by atoms with van der Waals surface area (Å²) >= 11 is 0. The monoisotopic (exact) mass is 420 g/mol. The largest absolute Gasteiger partial charge is 0.487 e. The van der Waals surface area contributed by atoms with Crippen LogP contribution in [0.3, 0.4) is 0 Å². The second kappa shape index (κ2) is 9.54. The molecule has 0 saturated heterocycles. The number of hydrazone groups is 1. The number of fused-ring (bicyclic) bond motifs is 1. The quantitative estimate of drug-likeness (QED) is 0.357. The van der Waals surface area contributed by atoms with Crippen molar-refractivity contribution in [2.75, 3.05) is 0 Å². The number of para-hydroxylation sites is 1. The number of carbonyl (C=O) groups excluding carboxylic acids is 1. The van der Waals surface area contributed by atoms with Gasteiger partial charge in [0.1, 0.15) is 17.9 Å². The van der Waals surface area contributed by atoms with Gasteiger partial charge in [0.05, 0.1) is 17.3 Å². The number of nitrogens with zero attached hydrogens (tertiary/aromatic N) is 3. The minimum atomic E-state index is -0.302. The van der Waals surface area contributed by atoms with Gasteiger partial charge in [-0.2, -0.15) is 10.4 Å². The van der Waals surface area contributed by atoms with Gasteiger partial charge in [-0.15, -0.1) is 0 Å². The van der Waals surface area contributed by atoms with Gasteiger partial charge in [-0.3, -0.25) is 9.78 Å². The average molecular weight is 420 g/mol.